The fourth-order valence-electron chi connectivity index (χ4n) is 1.79. The second kappa shape index (κ2) is 4.29. The van der Waals surface area contributed by atoms with Gasteiger partial charge in [0.25, 0.3) is 0 Å². The number of hydrogen-bond acceptors (Lipinski definition) is 2. The molecule has 0 fully saturated rings. The molecule has 0 saturated heterocycles. The summed E-state index contributed by atoms with van der Waals surface area (Å²) in [6.07, 6.45) is 3.65. The van der Waals surface area contributed by atoms with Crippen molar-refractivity contribution in [2.24, 2.45) is 0 Å². The van der Waals surface area contributed by atoms with Gasteiger partial charge in [0.2, 0.25) is 5.88 Å². The SMILES string of the molecule is c1ccc(COc2nccc3cc[nH]c23)cc1. The van der Waals surface area contributed by atoms with Crippen LogP contribution in [0.3, 0.4) is 0 Å². The fourth-order valence-corrected chi connectivity index (χ4v) is 1.79. The number of ether oxygens (including phenoxy) is 1. The van der Waals surface area contributed by atoms with Crippen LogP contribution in [0.4, 0.5) is 0 Å². The van der Waals surface area contributed by atoms with E-state index in [-0.39, 0.29) is 0 Å². The van der Waals surface area contributed by atoms with Gasteiger partial charge < -0.3 is 9.72 Å². The maximum atomic E-state index is 5.72. The Bertz CT molecular complexity index is 616. The van der Waals surface area contributed by atoms with Crippen molar-refractivity contribution in [3.8, 4) is 5.88 Å². The first-order chi connectivity index (χ1) is 8.43. The van der Waals surface area contributed by atoms with Gasteiger partial charge in [0.15, 0.2) is 0 Å². The number of nitrogens with one attached hydrogen (secondary N) is 1. The molecule has 3 aromatic rings. The highest BCUT2D eigenvalue weighted by Crippen LogP contribution is 2.21. The lowest BCUT2D eigenvalue weighted by atomic mass is 10.2. The molecule has 0 unspecified atom stereocenters. The zero-order valence-electron chi connectivity index (χ0n) is 9.26. The first-order valence-electron chi connectivity index (χ1n) is 5.52. The van der Waals surface area contributed by atoms with Gasteiger partial charge in [-0.25, -0.2) is 4.98 Å². The summed E-state index contributed by atoms with van der Waals surface area (Å²) >= 11 is 0. The van der Waals surface area contributed by atoms with Crippen LogP contribution >= 0.6 is 0 Å². The van der Waals surface area contributed by atoms with E-state index in [4.69, 9.17) is 4.74 Å². The van der Waals surface area contributed by atoms with E-state index in [1.807, 2.05) is 48.7 Å². The highest BCUT2D eigenvalue weighted by atomic mass is 16.5. The average Bonchev–Trinajstić information content (AvgIpc) is 2.86. The Morgan fingerprint density at radius 1 is 1.06 bits per heavy atom. The first kappa shape index (κ1) is 9.90. The van der Waals surface area contributed by atoms with Gasteiger partial charge in [0.1, 0.15) is 12.1 Å². The third kappa shape index (κ3) is 1.99. The number of benzene rings is 1. The van der Waals surface area contributed by atoms with Gasteiger partial charge in [-0.05, 0) is 17.7 Å². The van der Waals surface area contributed by atoms with Gasteiger partial charge in [0, 0.05) is 17.8 Å². The standard InChI is InChI=1S/C14H12N2O/c1-2-4-11(5-3-1)10-17-14-13-12(6-8-15-13)7-9-16-14/h1-9,15H,10H2. The second-order valence-electron chi connectivity index (χ2n) is 3.83. The van der Waals surface area contributed by atoms with Crippen LogP contribution < -0.4 is 4.74 Å². The third-order valence-electron chi connectivity index (χ3n) is 2.66. The van der Waals surface area contributed by atoms with Gasteiger partial charge in [-0.3, -0.25) is 0 Å². The van der Waals surface area contributed by atoms with Gasteiger partial charge in [-0.2, -0.15) is 0 Å². The minimum atomic E-state index is 0.534. The van der Waals surface area contributed by atoms with Crippen LogP contribution in [0.2, 0.25) is 0 Å². The summed E-state index contributed by atoms with van der Waals surface area (Å²) in [4.78, 5) is 7.38. The molecule has 0 saturated carbocycles. The molecule has 3 heteroatoms. The monoisotopic (exact) mass is 224 g/mol. The molecule has 0 spiro atoms. The van der Waals surface area contributed by atoms with Crippen LogP contribution in [0, 0.1) is 0 Å². The molecule has 2 aromatic heterocycles. The van der Waals surface area contributed by atoms with Crippen molar-refractivity contribution in [1.82, 2.24) is 9.97 Å². The third-order valence-corrected chi connectivity index (χ3v) is 2.66. The molecule has 0 aliphatic heterocycles. The van der Waals surface area contributed by atoms with E-state index < -0.39 is 0 Å². The molecule has 0 aliphatic rings. The number of H-pyrrole nitrogens is 1. The summed E-state index contributed by atoms with van der Waals surface area (Å²) in [5.41, 5.74) is 2.08. The molecule has 2 heterocycles. The number of fused-ring (bicyclic) bond motifs is 1. The van der Waals surface area contributed by atoms with Crippen molar-refractivity contribution < 1.29 is 4.74 Å². The highest BCUT2D eigenvalue weighted by molar-refractivity contribution is 5.83. The van der Waals surface area contributed by atoms with Crippen LogP contribution in [0.15, 0.2) is 54.9 Å². The Labute approximate surface area is 99.1 Å². The fraction of sp³-hybridized carbons (Fsp3) is 0.0714. The zero-order chi connectivity index (χ0) is 11.5. The van der Waals surface area contributed by atoms with Crippen molar-refractivity contribution >= 4 is 10.9 Å². The summed E-state index contributed by atoms with van der Waals surface area (Å²) in [5.74, 6) is 0.649. The molecular weight excluding hydrogens is 212 g/mol. The zero-order valence-corrected chi connectivity index (χ0v) is 9.26. The molecule has 84 valence electrons. The van der Waals surface area contributed by atoms with E-state index in [0.717, 1.165) is 16.5 Å². The summed E-state index contributed by atoms with van der Waals surface area (Å²) < 4.78 is 5.72. The molecule has 3 rings (SSSR count). The molecule has 0 amide bonds. The molecule has 0 atom stereocenters. The summed E-state index contributed by atoms with van der Waals surface area (Å²) in [6, 6.07) is 14.0. The Morgan fingerprint density at radius 3 is 2.82 bits per heavy atom. The van der Waals surface area contributed by atoms with E-state index >= 15 is 0 Å². The molecule has 3 nitrogen and oxygen atoms in total. The second-order valence-corrected chi connectivity index (χ2v) is 3.83. The number of rotatable bonds is 3. The van der Waals surface area contributed by atoms with E-state index in [0.29, 0.717) is 12.5 Å². The van der Waals surface area contributed by atoms with Crippen LogP contribution in [0.1, 0.15) is 5.56 Å². The lowest BCUT2D eigenvalue weighted by Gasteiger charge is -2.05. The van der Waals surface area contributed by atoms with E-state index in [1.54, 1.807) is 6.20 Å². The lowest BCUT2D eigenvalue weighted by Crippen LogP contribution is -1.97. The summed E-state index contributed by atoms with van der Waals surface area (Å²) in [5, 5.41) is 1.11. The largest absolute Gasteiger partial charge is 0.471 e. The topological polar surface area (TPSA) is 37.9 Å². The molecule has 17 heavy (non-hydrogen) atoms. The number of pyridine rings is 1. The van der Waals surface area contributed by atoms with Gasteiger partial charge in [0.05, 0.1) is 0 Å². The maximum Gasteiger partial charge on any atom is 0.238 e. The Hall–Kier alpha value is -2.29. The van der Waals surface area contributed by atoms with Gasteiger partial charge in [-0.15, -0.1) is 0 Å². The van der Waals surface area contributed by atoms with Crippen molar-refractivity contribution in [2.45, 2.75) is 6.61 Å². The van der Waals surface area contributed by atoms with E-state index in [2.05, 4.69) is 9.97 Å². The van der Waals surface area contributed by atoms with Crippen molar-refractivity contribution in [3.05, 3.63) is 60.4 Å². The maximum absolute atomic E-state index is 5.72. The highest BCUT2D eigenvalue weighted by Gasteiger charge is 2.04. The average molecular weight is 224 g/mol. The lowest BCUT2D eigenvalue weighted by molar-refractivity contribution is 0.297. The van der Waals surface area contributed by atoms with E-state index in [1.165, 1.54) is 0 Å². The predicted molar refractivity (Wildman–Crippen MR) is 66.9 cm³/mol. The first-order valence-corrected chi connectivity index (χ1v) is 5.52. The minimum Gasteiger partial charge on any atom is -0.471 e. The Balaban J connectivity index is 1.84. The van der Waals surface area contributed by atoms with E-state index in [9.17, 15) is 0 Å². The number of hydrogen-bond donors (Lipinski definition) is 1. The summed E-state index contributed by atoms with van der Waals surface area (Å²) in [7, 11) is 0. The number of nitrogens with zero attached hydrogens (tertiary/aromatic N) is 1. The molecular formula is C14H12N2O. The van der Waals surface area contributed by atoms with Crippen molar-refractivity contribution in [3.63, 3.8) is 0 Å². The van der Waals surface area contributed by atoms with Crippen LogP contribution in [-0.2, 0) is 6.61 Å². The van der Waals surface area contributed by atoms with Gasteiger partial charge in [-0.1, -0.05) is 30.3 Å². The number of aromatic nitrogens is 2. The van der Waals surface area contributed by atoms with Gasteiger partial charge >= 0.3 is 0 Å². The van der Waals surface area contributed by atoms with Crippen LogP contribution in [0.5, 0.6) is 5.88 Å². The molecule has 1 aromatic carbocycles. The summed E-state index contributed by atoms with van der Waals surface area (Å²) in [6.45, 7) is 0.534. The predicted octanol–water partition coefficient (Wildman–Crippen LogP) is 3.14. The minimum absolute atomic E-state index is 0.534. The molecule has 0 aliphatic carbocycles. The molecule has 0 radical (unpaired) electrons. The Morgan fingerprint density at radius 2 is 1.94 bits per heavy atom. The van der Waals surface area contributed by atoms with Crippen LogP contribution in [0.25, 0.3) is 10.9 Å². The van der Waals surface area contributed by atoms with Crippen molar-refractivity contribution in [2.75, 3.05) is 0 Å². The smallest absolute Gasteiger partial charge is 0.238 e. The Kier molecular flexibility index (Phi) is 2.50. The molecule has 0 bridgehead atoms. The molecule has 1 N–H and O–H groups in total. The quantitative estimate of drug-likeness (QED) is 0.742. The normalized spacial score (nSPS) is 10.6. The van der Waals surface area contributed by atoms with Crippen molar-refractivity contribution in [1.29, 1.82) is 0 Å². The van der Waals surface area contributed by atoms with Crippen LogP contribution in [-0.4, -0.2) is 9.97 Å². The number of aromatic amines is 1.